The van der Waals surface area contributed by atoms with Crippen LogP contribution in [0, 0.1) is 0 Å². The van der Waals surface area contributed by atoms with E-state index < -0.39 is 18.0 Å². The predicted molar refractivity (Wildman–Crippen MR) is 105 cm³/mol. The van der Waals surface area contributed by atoms with Gasteiger partial charge in [-0.1, -0.05) is 30.0 Å². The number of amidine groups is 1. The van der Waals surface area contributed by atoms with Gasteiger partial charge in [-0.15, -0.1) is 11.8 Å². The Labute approximate surface area is 161 Å². The van der Waals surface area contributed by atoms with E-state index in [9.17, 15) is 9.59 Å². The molecule has 0 aliphatic carbocycles. The highest BCUT2D eigenvalue weighted by Gasteiger charge is 2.33. The second kappa shape index (κ2) is 9.68. The fourth-order valence-corrected chi connectivity index (χ4v) is 3.59. The summed E-state index contributed by atoms with van der Waals surface area (Å²) in [4.78, 5) is 29.7. The molecule has 8 heteroatoms. The lowest BCUT2D eigenvalue weighted by Gasteiger charge is -2.27. The number of benzene rings is 1. The van der Waals surface area contributed by atoms with E-state index in [0.717, 1.165) is 10.5 Å². The summed E-state index contributed by atoms with van der Waals surface area (Å²) in [5.74, 6) is -0.885. The van der Waals surface area contributed by atoms with Crippen molar-refractivity contribution in [1.29, 1.82) is 0 Å². The van der Waals surface area contributed by atoms with E-state index in [-0.39, 0.29) is 13.2 Å². The topological polar surface area (TPSA) is 77.0 Å². The fourth-order valence-electron chi connectivity index (χ4n) is 2.53. The Morgan fingerprint density at radius 1 is 1.19 bits per heavy atom. The standard InChI is InChI=1S/C18H22N2O4S2/c1-5-23-17(22)15-13(10-24-11(2)21)19-18(26-4)20-16(15)12-8-6-7-9-14(12)25-3/h6-9,16H,5,10H2,1-4H3,(H,19,20). The average Bonchev–Trinajstić information content (AvgIpc) is 2.65. The van der Waals surface area contributed by atoms with Gasteiger partial charge < -0.3 is 14.8 Å². The minimum Gasteiger partial charge on any atom is -0.463 e. The zero-order valence-electron chi connectivity index (χ0n) is 15.2. The van der Waals surface area contributed by atoms with Gasteiger partial charge in [-0.3, -0.25) is 4.79 Å². The number of thioether (sulfide) groups is 2. The second-order valence-corrected chi connectivity index (χ2v) is 6.94. The van der Waals surface area contributed by atoms with Gasteiger partial charge in [0.1, 0.15) is 12.6 Å². The first kappa shape index (κ1) is 20.4. The first-order valence-electron chi connectivity index (χ1n) is 8.07. The molecule has 0 aromatic heterocycles. The molecule has 0 saturated heterocycles. The molecule has 1 aliphatic heterocycles. The zero-order chi connectivity index (χ0) is 19.1. The lowest BCUT2D eigenvalue weighted by Crippen LogP contribution is -2.34. The van der Waals surface area contributed by atoms with E-state index in [1.807, 2.05) is 36.8 Å². The molecule has 0 fully saturated rings. The van der Waals surface area contributed by atoms with Crippen LogP contribution in [0.25, 0.3) is 0 Å². The number of nitrogens with one attached hydrogen (secondary N) is 1. The third-order valence-electron chi connectivity index (χ3n) is 3.64. The van der Waals surface area contributed by atoms with Crippen LogP contribution in [0.1, 0.15) is 25.5 Å². The summed E-state index contributed by atoms with van der Waals surface area (Å²) < 4.78 is 10.4. The molecule has 1 aliphatic rings. The largest absolute Gasteiger partial charge is 0.463 e. The molecule has 0 amide bonds. The first-order valence-corrected chi connectivity index (χ1v) is 10.5. The lowest BCUT2D eigenvalue weighted by molar-refractivity contribution is -0.141. The molecule has 1 heterocycles. The Bertz CT molecular complexity index is 746. The van der Waals surface area contributed by atoms with E-state index in [1.54, 1.807) is 18.7 Å². The predicted octanol–water partition coefficient (Wildman–Crippen LogP) is 3.15. The summed E-state index contributed by atoms with van der Waals surface area (Å²) in [5, 5.41) is 3.75. The van der Waals surface area contributed by atoms with Crippen molar-refractivity contribution in [2.45, 2.75) is 24.8 Å². The monoisotopic (exact) mass is 394 g/mol. The third-order valence-corrected chi connectivity index (χ3v) is 5.05. The van der Waals surface area contributed by atoms with E-state index >= 15 is 0 Å². The van der Waals surface area contributed by atoms with Crippen LogP contribution in [-0.2, 0) is 19.1 Å². The minimum atomic E-state index is -0.521. The van der Waals surface area contributed by atoms with Crippen LogP contribution in [0.2, 0.25) is 0 Å². The summed E-state index contributed by atoms with van der Waals surface area (Å²) in [6, 6.07) is 7.28. The molecular weight excluding hydrogens is 372 g/mol. The lowest BCUT2D eigenvalue weighted by atomic mass is 9.96. The van der Waals surface area contributed by atoms with Crippen molar-refractivity contribution < 1.29 is 19.1 Å². The second-order valence-electron chi connectivity index (χ2n) is 5.30. The number of ether oxygens (including phenoxy) is 2. The smallest absolute Gasteiger partial charge is 0.338 e. The molecule has 1 aromatic carbocycles. The van der Waals surface area contributed by atoms with Crippen molar-refractivity contribution in [3.63, 3.8) is 0 Å². The van der Waals surface area contributed by atoms with Crippen molar-refractivity contribution in [3.8, 4) is 0 Å². The average molecular weight is 395 g/mol. The highest BCUT2D eigenvalue weighted by atomic mass is 32.2. The molecule has 6 nitrogen and oxygen atoms in total. The minimum absolute atomic E-state index is 0.0407. The van der Waals surface area contributed by atoms with Crippen LogP contribution in [0.15, 0.2) is 45.4 Å². The van der Waals surface area contributed by atoms with E-state index in [0.29, 0.717) is 16.4 Å². The molecular formula is C18H22N2O4S2. The van der Waals surface area contributed by atoms with Gasteiger partial charge in [-0.05, 0) is 31.1 Å². The number of esters is 2. The van der Waals surface area contributed by atoms with Crippen LogP contribution < -0.4 is 5.32 Å². The molecule has 1 aromatic rings. The SMILES string of the molecule is CCOC(=O)C1=C(COC(C)=O)NC(SC)=NC1c1ccccc1SC. The molecule has 1 N–H and O–H groups in total. The number of carbonyl (C=O) groups excluding carboxylic acids is 2. The molecule has 0 spiro atoms. The van der Waals surface area contributed by atoms with Gasteiger partial charge in [0.15, 0.2) is 5.17 Å². The van der Waals surface area contributed by atoms with Gasteiger partial charge in [0.25, 0.3) is 0 Å². The van der Waals surface area contributed by atoms with E-state index in [1.165, 1.54) is 18.7 Å². The number of hydrogen-bond donors (Lipinski definition) is 1. The Kier molecular flexibility index (Phi) is 7.59. The number of nitrogens with zero attached hydrogens (tertiary/aromatic N) is 1. The summed E-state index contributed by atoms with van der Waals surface area (Å²) in [5.41, 5.74) is 1.78. The maximum absolute atomic E-state index is 12.7. The molecule has 0 bridgehead atoms. The maximum atomic E-state index is 12.7. The summed E-state index contributed by atoms with van der Waals surface area (Å²) in [6.07, 6.45) is 3.87. The molecule has 1 unspecified atom stereocenters. The van der Waals surface area contributed by atoms with Crippen molar-refractivity contribution in [1.82, 2.24) is 5.32 Å². The highest BCUT2D eigenvalue weighted by molar-refractivity contribution is 8.13. The van der Waals surface area contributed by atoms with Crippen molar-refractivity contribution in [3.05, 3.63) is 41.1 Å². The third kappa shape index (κ3) is 4.82. The van der Waals surface area contributed by atoms with Gasteiger partial charge in [0, 0.05) is 11.8 Å². The normalized spacial score (nSPS) is 16.6. The molecule has 0 radical (unpaired) electrons. The van der Waals surface area contributed by atoms with Crippen LogP contribution in [0.4, 0.5) is 0 Å². The Morgan fingerprint density at radius 2 is 1.92 bits per heavy atom. The van der Waals surface area contributed by atoms with Crippen LogP contribution in [0.5, 0.6) is 0 Å². The van der Waals surface area contributed by atoms with Crippen molar-refractivity contribution >= 4 is 40.6 Å². The van der Waals surface area contributed by atoms with Gasteiger partial charge >= 0.3 is 11.9 Å². The van der Waals surface area contributed by atoms with Gasteiger partial charge in [0.05, 0.1) is 17.9 Å². The van der Waals surface area contributed by atoms with Crippen LogP contribution in [0.3, 0.4) is 0 Å². The highest BCUT2D eigenvalue weighted by Crippen LogP contribution is 2.37. The molecule has 140 valence electrons. The number of aliphatic imine (C=N–C) groups is 1. The van der Waals surface area contributed by atoms with E-state index in [2.05, 4.69) is 5.32 Å². The summed E-state index contributed by atoms with van der Waals surface area (Å²) in [7, 11) is 0. The van der Waals surface area contributed by atoms with Crippen LogP contribution >= 0.6 is 23.5 Å². The molecule has 2 rings (SSSR count). The van der Waals surface area contributed by atoms with Crippen LogP contribution in [-0.4, -0.2) is 42.8 Å². The van der Waals surface area contributed by atoms with Gasteiger partial charge in [-0.25, -0.2) is 9.79 Å². The van der Waals surface area contributed by atoms with E-state index in [4.69, 9.17) is 14.5 Å². The summed E-state index contributed by atoms with van der Waals surface area (Å²) >= 11 is 3.02. The molecule has 26 heavy (non-hydrogen) atoms. The fraction of sp³-hybridized carbons (Fsp3) is 0.389. The Morgan fingerprint density at radius 3 is 2.54 bits per heavy atom. The van der Waals surface area contributed by atoms with Gasteiger partial charge in [0.2, 0.25) is 0 Å². The van der Waals surface area contributed by atoms with Crippen molar-refractivity contribution in [2.24, 2.45) is 4.99 Å². The number of carbonyl (C=O) groups is 2. The quantitative estimate of drug-likeness (QED) is 0.587. The molecule has 0 saturated carbocycles. The number of rotatable bonds is 6. The Balaban J connectivity index is 2.57. The van der Waals surface area contributed by atoms with Gasteiger partial charge in [-0.2, -0.15) is 0 Å². The molecule has 1 atom stereocenters. The summed E-state index contributed by atoms with van der Waals surface area (Å²) in [6.45, 7) is 3.29. The Hall–Kier alpha value is -1.93. The maximum Gasteiger partial charge on any atom is 0.338 e. The zero-order valence-corrected chi connectivity index (χ0v) is 16.8. The van der Waals surface area contributed by atoms with Crippen molar-refractivity contribution in [2.75, 3.05) is 25.7 Å². The number of hydrogen-bond acceptors (Lipinski definition) is 8. The first-order chi connectivity index (χ1) is 12.5.